The van der Waals surface area contributed by atoms with Crippen LogP contribution in [0.2, 0.25) is 0 Å². The van der Waals surface area contributed by atoms with Crippen LogP contribution in [0.3, 0.4) is 0 Å². The Morgan fingerprint density at radius 3 is 2.53 bits per heavy atom. The number of carbonyl (C=O) groups excluding carboxylic acids is 1. The van der Waals surface area contributed by atoms with E-state index < -0.39 is 0 Å². The highest BCUT2D eigenvalue weighted by Gasteiger charge is 2.33. The molecule has 0 aliphatic heterocycles. The summed E-state index contributed by atoms with van der Waals surface area (Å²) in [7, 11) is 1.80. The molecule has 0 atom stereocenters. The van der Waals surface area contributed by atoms with E-state index in [4.69, 9.17) is 0 Å². The summed E-state index contributed by atoms with van der Waals surface area (Å²) in [5, 5.41) is 12.8. The van der Waals surface area contributed by atoms with Gasteiger partial charge in [-0.1, -0.05) is 6.92 Å². The maximum absolute atomic E-state index is 11.7. The quantitative estimate of drug-likeness (QED) is 0.756. The SMILES string of the molecule is CCN(C)C(=O)CNC1(CO)CCC(C)CC1. The fourth-order valence-electron chi connectivity index (χ4n) is 2.28. The molecule has 0 unspecified atom stereocenters. The number of aliphatic hydroxyl groups excluding tert-OH is 1. The maximum Gasteiger partial charge on any atom is 0.236 e. The van der Waals surface area contributed by atoms with Crippen LogP contribution in [0.4, 0.5) is 0 Å². The summed E-state index contributed by atoms with van der Waals surface area (Å²) in [5.74, 6) is 0.837. The van der Waals surface area contributed by atoms with Crippen LogP contribution in [0.25, 0.3) is 0 Å². The molecular weight excluding hydrogens is 216 g/mol. The van der Waals surface area contributed by atoms with Crippen LogP contribution in [-0.2, 0) is 4.79 Å². The van der Waals surface area contributed by atoms with Crippen LogP contribution in [0.5, 0.6) is 0 Å². The van der Waals surface area contributed by atoms with Crippen molar-refractivity contribution in [3.05, 3.63) is 0 Å². The third-order valence-corrected chi connectivity index (χ3v) is 4.05. The number of likely N-dealkylation sites (N-methyl/N-ethyl adjacent to an activating group) is 1. The molecule has 1 rings (SSSR count). The molecule has 1 aliphatic rings. The van der Waals surface area contributed by atoms with Crippen molar-refractivity contribution in [1.82, 2.24) is 10.2 Å². The Labute approximate surface area is 104 Å². The fraction of sp³-hybridized carbons (Fsp3) is 0.923. The number of hydrogen-bond acceptors (Lipinski definition) is 3. The van der Waals surface area contributed by atoms with E-state index in [1.807, 2.05) is 6.92 Å². The standard InChI is InChI=1S/C13H26N2O2/c1-4-15(3)12(17)9-14-13(10-16)7-5-11(2)6-8-13/h11,14,16H,4-10H2,1-3H3. The molecule has 2 N–H and O–H groups in total. The van der Waals surface area contributed by atoms with E-state index in [1.165, 1.54) is 0 Å². The Bertz CT molecular complexity index is 248. The monoisotopic (exact) mass is 242 g/mol. The number of amides is 1. The third-order valence-electron chi connectivity index (χ3n) is 4.05. The number of hydrogen-bond donors (Lipinski definition) is 2. The predicted molar refractivity (Wildman–Crippen MR) is 68.8 cm³/mol. The van der Waals surface area contributed by atoms with Gasteiger partial charge >= 0.3 is 0 Å². The lowest BCUT2D eigenvalue weighted by atomic mass is 9.77. The first-order valence-corrected chi connectivity index (χ1v) is 6.63. The minimum atomic E-state index is -0.225. The number of nitrogens with one attached hydrogen (secondary N) is 1. The normalized spacial score (nSPS) is 29.1. The predicted octanol–water partition coefficient (Wildman–Crippen LogP) is 0.995. The molecule has 4 nitrogen and oxygen atoms in total. The molecule has 0 bridgehead atoms. The van der Waals surface area contributed by atoms with Gasteiger partial charge in [-0.05, 0) is 38.5 Å². The van der Waals surface area contributed by atoms with E-state index in [2.05, 4.69) is 12.2 Å². The molecule has 1 amide bonds. The zero-order chi connectivity index (χ0) is 12.9. The van der Waals surface area contributed by atoms with Crippen molar-refractivity contribution in [2.24, 2.45) is 5.92 Å². The fourth-order valence-corrected chi connectivity index (χ4v) is 2.28. The molecule has 1 fully saturated rings. The zero-order valence-electron chi connectivity index (χ0n) is 11.3. The number of rotatable bonds is 5. The molecule has 1 saturated carbocycles. The Hall–Kier alpha value is -0.610. The van der Waals surface area contributed by atoms with Gasteiger partial charge in [-0.2, -0.15) is 0 Å². The van der Waals surface area contributed by atoms with Gasteiger partial charge in [0.15, 0.2) is 0 Å². The van der Waals surface area contributed by atoms with Crippen LogP contribution in [-0.4, -0.2) is 48.2 Å². The Balaban J connectivity index is 2.44. The van der Waals surface area contributed by atoms with Crippen LogP contribution in [0, 0.1) is 5.92 Å². The molecule has 17 heavy (non-hydrogen) atoms. The van der Waals surface area contributed by atoms with Gasteiger partial charge in [0, 0.05) is 19.1 Å². The average molecular weight is 242 g/mol. The van der Waals surface area contributed by atoms with E-state index >= 15 is 0 Å². The second-order valence-corrected chi connectivity index (χ2v) is 5.38. The second kappa shape index (κ2) is 6.36. The van der Waals surface area contributed by atoms with E-state index in [1.54, 1.807) is 11.9 Å². The highest BCUT2D eigenvalue weighted by Crippen LogP contribution is 2.31. The molecule has 100 valence electrons. The van der Waals surface area contributed by atoms with Crippen LogP contribution in [0.1, 0.15) is 39.5 Å². The van der Waals surface area contributed by atoms with E-state index in [0.717, 1.165) is 38.1 Å². The summed E-state index contributed by atoms with van der Waals surface area (Å²) in [6.07, 6.45) is 4.19. The van der Waals surface area contributed by atoms with Gasteiger partial charge in [-0.15, -0.1) is 0 Å². The molecule has 0 spiro atoms. The van der Waals surface area contributed by atoms with Crippen molar-refractivity contribution in [3.8, 4) is 0 Å². The largest absolute Gasteiger partial charge is 0.394 e. The van der Waals surface area contributed by atoms with Crippen LogP contribution < -0.4 is 5.32 Å². The van der Waals surface area contributed by atoms with Gasteiger partial charge in [0.1, 0.15) is 0 Å². The van der Waals surface area contributed by atoms with Gasteiger partial charge in [0.2, 0.25) is 5.91 Å². The van der Waals surface area contributed by atoms with Gasteiger partial charge in [0.05, 0.1) is 13.2 Å². The summed E-state index contributed by atoms with van der Waals surface area (Å²) < 4.78 is 0. The average Bonchev–Trinajstić information content (AvgIpc) is 2.37. The lowest BCUT2D eigenvalue weighted by Gasteiger charge is -2.39. The first-order valence-electron chi connectivity index (χ1n) is 6.63. The minimum absolute atomic E-state index is 0.0962. The number of aliphatic hydroxyl groups is 1. The maximum atomic E-state index is 11.7. The molecule has 0 aromatic rings. The third kappa shape index (κ3) is 3.96. The Kier molecular flexibility index (Phi) is 5.40. The lowest BCUT2D eigenvalue weighted by Crippen LogP contribution is -2.53. The van der Waals surface area contributed by atoms with Crippen molar-refractivity contribution in [2.45, 2.75) is 45.1 Å². The van der Waals surface area contributed by atoms with E-state index in [9.17, 15) is 9.90 Å². The summed E-state index contributed by atoms with van der Waals surface area (Å²) in [5.41, 5.74) is -0.225. The van der Waals surface area contributed by atoms with Crippen molar-refractivity contribution in [3.63, 3.8) is 0 Å². The van der Waals surface area contributed by atoms with Crippen molar-refractivity contribution in [2.75, 3.05) is 26.7 Å². The van der Waals surface area contributed by atoms with E-state index in [0.29, 0.717) is 6.54 Å². The van der Waals surface area contributed by atoms with Crippen LogP contribution >= 0.6 is 0 Å². The highest BCUT2D eigenvalue weighted by molar-refractivity contribution is 5.78. The van der Waals surface area contributed by atoms with Crippen molar-refractivity contribution < 1.29 is 9.90 Å². The molecule has 0 saturated heterocycles. The summed E-state index contributed by atoms with van der Waals surface area (Å²) in [6, 6.07) is 0. The summed E-state index contributed by atoms with van der Waals surface area (Å²) >= 11 is 0. The number of nitrogens with zero attached hydrogens (tertiary/aromatic N) is 1. The Morgan fingerprint density at radius 2 is 2.06 bits per heavy atom. The molecule has 0 aromatic carbocycles. The molecule has 0 heterocycles. The van der Waals surface area contributed by atoms with Gasteiger partial charge in [-0.3, -0.25) is 4.79 Å². The highest BCUT2D eigenvalue weighted by atomic mass is 16.3. The topological polar surface area (TPSA) is 52.6 Å². The molecule has 4 heteroatoms. The van der Waals surface area contributed by atoms with Gasteiger partial charge in [0.25, 0.3) is 0 Å². The lowest BCUT2D eigenvalue weighted by molar-refractivity contribution is -0.129. The Morgan fingerprint density at radius 1 is 1.47 bits per heavy atom. The zero-order valence-corrected chi connectivity index (χ0v) is 11.3. The first-order chi connectivity index (χ1) is 8.03. The van der Waals surface area contributed by atoms with Crippen molar-refractivity contribution >= 4 is 5.91 Å². The van der Waals surface area contributed by atoms with E-state index in [-0.39, 0.29) is 18.1 Å². The van der Waals surface area contributed by atoms with Crippen LogP contribution in [0.15, 0.2) is 0 Å². The van der Waals surface area contributed by atoms with Crippen molar-refractivity contribution in [1.29, 1.82) is 0 Å². The molecule has 0 radical (unpaired) electrons. The molecule has 1 aliphatic carbocycles. The second-order valence-electron chi connectivity index (χ2n) is 5.38. The summed E-state index contributed by atoms with van der Waals surface area (Å²) in [6.45, 7) is 5.39. The molecular formula is C13H26N2O2. The van der Waals surface area contributed by atoms with Gasteiger partial charge < -0.3 is 15.3 Å². The summed E-state index contributed by atoms with van der Waals surface area (Å²) in [4.78, 5) is 13.4. The number of carbonyl (C=O) groups is 1. The van der Waals surface area contributed by atoms with Gasteiger partial charge in [-0.25, -0.2) is 0 Å². The molecule has 0 aromatic heterocycles. The first kappa shape index (κ1) is 14.5. The minimum Gasteiger partial charge on any atom is -0.394 e. The smallest absolute Gasteiger partial charge is 0.236 e.